The van der Waals surface area contributed by atoms with E-state index in [-0.39, 0.29) is 12.4 Å². The summed E-state index contributed by atoms with van der Waals surface area (Å²) in [6.45, 7) is 0. The molecule has 0 heterocycles. The Morgan fingerprint density at radius 3 is 1.90 bits per heavy atom. The van der Waals surface area contributed by atoms with E-state index in [9.17, 15) is 0 Å². The summed E-state index contributed by atoms with van der Waals surface area (Å²) >= 11 is 0. The van der Waals surface area contributed by atoms with E-state index >= 15 is 0 Å². The summed E-state index contributed by atoms with van der Waals surface area (Å²) in [5.74, 6) is 1.11. The summed E-state index contributed by atoms with van der Waals surface area (Å²) in [6, 6.07) is 0. The molecule has 4 aliphatic rings. The predicted octanol–water partition coefficient (Wildman–Crippen LogP) is 1.70. The summed E-state index contributed by atoms with van der Waals surface area (Å²) in [6.07, 6.45) is 7.12. The quantitative estimate of drug-likeness (QED) is 0.620. The number of hydrogen-bond donors (Lipinski definition) is 1. The van der Waals surface area contributed by atoms with Gasteiger partial charge in [0.1, 0.15) is 0 Å². The molecular formula is C8H14ClN. The van der Waals surface area contributed by atoms with Gasteiger partial charge in [-0.05, 0) is 43.4 Å². The van der Waals surface area contributed by atoms with Crippen LogP contribution < -0.4 is 5.73 Å². The van der Waals surface area contributed by atoms with Crippen LogP contribution in [0.4, 0.5) is 0 Å². The van der Waals surface area contributed by atoms with Crippen LogP contribution in [0, 0.1) is 11.3 Å². The normalized spacial score (nSPS) is 56.1. The molecule has 0 aromatic heterocycles. The molecule has 0 radical (unpaired) electrons. The average molecular weight is 160 g/mol. The van der Waals surface area contributed by atoms with Crippen LogP contribution in [0.25, 0.3) is 0 Å². The van der Waals surface area contributed by atoms with E-state index in [1.165, 1.54) is 32.1 Å². The van der Waals surface area contributed by atoms with Crippen molar-refractivity contribution in [3.63, 3.8) is 0 Å². The minimum Gasteiger partial charge on any atom is -0.325 e. The number of nitrogens with two attached hydrogens (primary N) is 1. The molecule has 2 bridgehead atoms. The van der Waals surface area contributed by atoms with Crippen molar-refractivity contribution in [3.8, 4) is 0 Å². The van der Waals surface area contributed by atoms with Crippen molar-refractivity contribution >= 4 is 12.4 Å². The molecule has 4 fully saturated rings. The molecule has 0 saturated heterocycles. The van der Waals surface area contributed by atoms with Gasteiger partial charge in [0, 0.05) is 5.54 Å². The summed E-state index contributed by atoms with van der Waals surface area (Å²) in [7, 11) is 0. The van der Waals surface area contributed by atoms with Crippen LogP contribution in [0.15, 0.2) is 0 Å². The molecule has 0 spiro atoms. The first-order chi connectivity index (χ1) is 4.23. The van der Waals surface area contributed by atoms with Gasteiger partial charge in [0.05, 0.1) is 0 Å². The Balaban J connectivity index is 0.000000403. The molecule has 58 valence electrons. The van der Waals surface area contributed by atoms with Gasteiger partial charge >= 0.3 is 0 Å². The largest absolute Gasteiger partial charge is 0.325 e. The van der Waals surface area contributed by atoms with Crippen molar-refractivity contribution in [3.05, 3.63) is 0 Å². The summed E-state index contributed by atoms with van der Waals surface area (Å²) in [5, 5.41) is 0. The molecule has 0 amide bonds. The second kappa shape index (κ2) is 1.54. The van der Waals surface area contributed by atoms with Crippen LogP contribution in [-0.4, -0.2) is 5.54 Å². The molecule has 2 heteroatoms. The molecule has 4 saturated carbocycles. The molecule has 2 N–H and O–H groups in total. The van der Waals surface area contributed by atoms with Crippen LogP contribution in [0.1, 0.15) is 32.1 Å². The number of hydrogen-bond acceptors (Lipinski definition) is 1. The maximum atomic E-state index is 5.94. The van der Waals surface area contributed by atoms with Crippen molar-refractivity contribution in [2.24, 2.45) is 17.1 Å². The molecule has 10 heavy (non-hydrogen) atoms. The monoisotopic (exact) mass is 159 g/mol. The van der Waals surface area contributed by atoms with Gasteiger partial charge in [0.2, 0.25) is 0 Å². The fourth-order valence-electron chi connectivity index (χ4n) is 3.08. The van der Waals surface area contributed by atoms with E-state index < -0.39 is 0 Å². The molecule has 0 unspecified atom stereocenters. The van der Waals surface area contributed by atoms with Gasteiger partial charge in [-0.3, -0.25) is 0 Å². The fourth-order valence-corrected chi connectivity index (χ4v) is 3.08. The van der Waals surface area contributed by atoms with Gasteiger partial charge in [-0.15, -0.1) is 12.4 Å². The number of rotatable bonds is 1. The molecule has 4 rings (SSSR count). The van der Waals surface area contributed by atoms with E-state index in [0.717, 1.165) is 11.3 Å². The third kappa shape index (κ3) is 0.584. The minimum absolute atomic E-state index is 0. The molecule has 0 aromatic rings. The van der Waals surface area contributed by atoms with E-state index in [0.29, 0.717) is 5.54 Å². The van der Waals surface area contributed by atoms with Gasteiger partial charge in [0.15, 0.2) is 0 Å². The van der Waals surface area contributed by atoms with Crippen LogP contribution in [0.5, 0.6) is 0 Å². The summed E-state index contributed by atoms with van der Waals surface area (Å²) in [4.78, 5) is 0. The standard InChI is InChI=1S/C8H13N.ClH/c9-8-3-7(4-8,5-8)6-1-2-6;/h6H,1-5,9H2;1H. The number of halogens is 1. The van der Waals surface area contributed by atoms with Gasteiger partial charge in [-0.25, -0.2) is 0 Å². The van der Waals surface area contributed by atoms with Crippen molar-refractivity contribution in [2.75, 3.05) is 0 Å². The molecular weight excluding hydrogens is 146 g/mol. The molecule has 1 nitrogen and oxygen atoms in total. The Morgan fingerprint density at radius 1 is 1.10 bits per heavy atom. The fraction of sp³-hybridized carbons (Fsp3) is 1.00. The van der Waals surface area contributed by atoms with Crippen LogP contribution >= 0.6 is 12.4 Å². The smallest absolute Gasteiger partial charge is 0.0170 e. The molecule has 4 aliphatic carbocycles. The molecule has 0 aromatic carbocycles. The average Bonchev–Trinajstić information content (AvgIpc) is 2.33. The van der Waals surface area contributed by atoms with E-state index in [1.807, 2.05) is 0 Å². The van der Waals surface area contributed by atoms with E-state index in [2.05, 4.69) is 0 Å². The van der Waals surface area contributed by atoms with E-state index in [1.54, 1.807) is 0 Å². The predicted molar refractivity (Wildman–Crippen MR) is 43.2 cm³/mol. The van der Waals surface area contributed by atoms with Crippen molar-refractivity contribution in [1.82, 2.24) is 0 Å². The SMILES string of the molecule is Cl.NC12CC(C3CC3)(C1)C2. The first-order valence-corrected chi connectivity index (χ1v) is 4.02. The zero-order valence-electron chi connectivity index (χ0n) is 6.10. The van der Waals surface area contributed by atoms with Gasteiger partial charge in [-0.1, -0.05) is 0 Å². The van der Waals surface area contributed by atoms with Crippen LogP contribution in [0.3, 0.4) is 0 Å². The Labute approximate surface area is 67.8 Å². The van der Waals surface area contributed by atoms with E-state index in [4.69, 9.17) is 5.73 Å². The Morgan fingerprint density at radius 2 is 1.60 bits per heavy atom. The van der Waals surface area contributed by atoms with Crippen molar-refractivity contribution < 1.29 is 0 Å². The maximum absolute atomic E-state index is 5.94. The maximum Gasteiger partial charge on any atom is 0.0170 e. The van der Waals surface area contributed by atoms with Gasteiger partial charge in [-0.2, -0.15) is 0 Å². The summed E-state index contributed by atoms with van der Waals surface area (Å²) in [5.41, 5.74) is 7.10. The zero-order valence-corrected chi connectivity index (χ0v) is 6.91. The van der Waals surface area contributed by atoms with Crippen LogP contribution in [0.2, 0.25) is 0 Å². The van der Waals surface area contributed by atoms with Crippen molar-refractivity contribution in [2.45, 2.75) is 37.6 Å². The third-order valence-electron chi connectivity index (χ3n) is 3.56. The highest BCUT2D eigenvalue weighted by Gasteiger charge is 2.70. The Kier molecular flexibility index (Phi) is 1.06. The second-order valence-corrected chi connectivity index (χ2v) is 4.53. The lowest BCUT2D eigenvalue weighted by Gasteiger charge is -2.70. The van der Waals surface area contributed by atoms with Crippen LogP contribution in [-0.2, 0) is 0 Å². The lowest BCUT2D eigenvalue weighted by Crippen LogP contribution is -2.72. The second-order valence-electron chi connectivity index (χ2n) is 4.53. The highest BCUT2D eigenvalue weighted by atomic mass is 35.5. The molecule has 0 atom stereocenters. The molecule has 0 aliphatic heterocycles. The highest BCUT2D eigenvalue weighted by Crippen LogP contribution is 2.74. The lowest BCUT2D eigenvalue weighted by atomic mass is 9.38. The highest BCUT2D eigenvalue weighted by molar-refractivity contribution is 5.85. The van der Waals surface area contributed by atoms with Gasteiger partial charge < -0.3 is 5.73 Å². The topological polar surface area (TPSA) is 26.0 Å². The minimum atomic E-state index is 0. The Hall–Kier alpha value is 0.250. The van der Waals surface area contributed by atoms with Crippen molar-refractivity contribution in [1.29, 1.82) is 0 Å². The summed E-state index contributed by atoms with van der Waals surface area (Å²) < 4.78 is 0. The zero-order chi connectivity index (χ0) is 6.11. The first-order valence-electron chi connectivity index (χ1n) is 4.02. The third-order valence-corrected chi connectivity index (χ3v) is 3.56. The van der Waals surface area contributed by atoms with Gasteiger partial charge in [0.25, 0.3) is 0 Å². The Bertz CT molecular complexity index is 154. The lowest BCUT2D eigenvalue weighted by molar-refractivity contribution is -0.147. The first kappa shape index (κ1) is 6.93.